The fourth-order valence-corrected chi connectivity index (χ4v) is 3.91. The normalized spacial score (nSPS) is 14.6. The summed E-state index contributed by atoms with van der Waals surface area (Å²) in [6.45, 7) is 8.09. The van der Waals surface area contributed by atoms with Crippen molar-refractivity contribution in [1.82, 2.24) is 19.4 Å². The van der Waals surface area contributed by atoms with Gasteiger partial charge < -0.3 is 9.80 Å². The number of amides is 2. The Hall–Kier alpha value is -3.15. The Bertz CT molecular complexity index is 1050. The molecule has 0 saturated carbocycles. The first kappa shape index (κ1) is 19.2. The second-order valence-corrected chi connectivity index (χ2v) is 7.81. The summed E-state index contributed by atoms with van der Waals surface area (Å²) in [6, 6.07) is 15.8. The van der Waals surface area contributed by atoms with Gasteiger partial charge >= 0.3 is 0 Å². The fourth-order valence-electron chi connectivity index (χ4n) is 3.91. The number of hydrogen-bond acceptors (Lipinski definition) is 3. The van der Waals surface area contributed by atoms with E-state index in [-0.39, 0.29) is 17.7 Å². The smallest absolute Gasteiger partial charge is 0.254 e. The van der Waals surface area contributed by atoms with Crippen LogP contribution in [0.2, 0.25) is 0 Å². The maximum absolute atomic E-state index is 13.0. The Kier molecular flexibility index (Phi) is 5.09. The molecular formula is C23H26N4O2. The summed E-state index contributed by atoms with van der Waals surface area (Å²) in [7, 11) is 0. The summed E-state index contributed by atoms with van der Waals surface area (Å²) in [4.78, 5) is 33.5. The largest absolute Gasteiger partial charge is 0.339 e. The maximum Gasteiger partial charge on any atom is 0.254 e. The van der Waals surface area contributed by atoms with E-state index in [9.17, 15) is 9.59 Å². The Labute approximate surface area is 170 Å². The zero-order chi connectivity index (χ0) is 20.5. The first-order valence-electron chi connectivity index (χ1n) is 10.1. The van der Waals surface area contributed by atoms with Crippen molar-refractivity contribution in [3.8, 4) is 5.69 Å². The second-order valence-electron chi connectivity index (χ2n) is 7.81. The van der Waals surface area contributed by atoms with E-state index in [2.05, 4.69) is 9.55 Å². The molecule has 1 aliphatic heterocycles. The predicted molar refractivity (Wildman–Crippen MR) is 113 cm³/mol. The number of para-hydroxylation sites is 1. The highest BCUT2D eigenvalue weighted by Crippen LogP contribution is 2.23. The van der Waals surface area contributed by atoms with Gasteiger partial charge in [0, 0.05) is 43.3 Å². The van der Waals surface area contributed by atoms with E-state index >= 15 is 0 Å². The highest BCUT2D eigenvalue weighted by molar-refractivity contribution is 5.98. The minimum Gasteiger partial charge on any atom is -0.339 e. The molecular weight excluding hydrogens is 364 g/mol. The number of aryl methyl sites for hydroxylation is 1. The molecule has 0 bridgehead atoms. The summed E-state index contributed by atoms with van der Waals surface area (Å²) >= 11 is 0. The summed E-state index contributed by atoms with van der Waals surface area (Å²) in [5.74, 6) is 1.02. The molecule has 2 aromatic carbocycles. The molecule has 1 aromatic heterocycles. The highest BCUT2D eigenvalue weighted by atomic mass is 16.2. The Morgan fingerprint density at radius 2 is 1.59 bits per heavy atom. The van der Waals surface area contributed by atoms with Gasteiger partial charge in [0.1, 0.15) is 5.82 Å². The molecule has 4 rings (SSSR count). The predicted octanol–water partition coefficient (Wildman–Crippen LogP) is 3.27. The molecule has 3 aromatic rings. The molecule has 150 valence electrons. The van der Waals surface area contributed by atoms with Crippen LogP contribution in [0.5, 0.6) is 0 Å². The first-order valence-corrected chi connectivity index (χ1v) is 10.1. The summed E-state index contributed by atoms with van der Waals surface area (Å²) < 4.78 is 2.10. The van der Waals surface area contributed by atoms with Crippen molar-refractivity contribution >= 4 is 22.8 Å². The van der Waals surface area contributed by atoms with Gasteiger partial charge in [-0.1, -0.05) is 32.0 Å². The number of imidazole rings is 1. The minimum atomic E-state index is -0.0115. The van der Waals surface area contributed by atoms with E-state index in [4.69, 9.17) is 0 Å². The standard InChI is InChI=1S/C23H26N4O2/c1-16(2)22(28)25-11-13-26(14-12-25)23(29)18-9-10-21-20(15-18)24-17(3)27(21)19-7-5-4-6-8-19/h4-10,15-16H,11-14H2,1-3H3. The molecule has 0 spiro atoms. The second kappa shape index (κ2) is 7.70. The maximum atomic E-state index is 13.0. The lowest BCUT2D eigenvalue weighted by Gasteiger charge is -2.35. The van der Waals surface area contributed by atoms with Crippen LogP contribution in [0.15, 0.2) is 48.5 Å². The number of nitrogens with zero attached hydrogens (tertiary/aromatic N) is 4. The van der Waals surface area contributed by atoms with Crippen LogP contribution in [-0.4, -0.2) is 57.3 Å². The van der Waals surface area contributed by atoms with Crippen molar-refractivity contribution in [2.45, 2.75) is 20.8 Å². The van der Waals surface area contributed by atoms with E-state index < -0.39 is 0 Å². The van der Waals surface area contributed by atoms with Gasteiger partial charge in [0.15, 0.2) is 0 Å². The minimum absolute atomic E-state index is 0.00420. The van der Waals surface area contributed by atoms with Gasteiger partial charge in [0.05, 0.1) is 11.0 Å². The molecule has 1 saturated heterocycles. The van der Waals surface area contributed by atoms with Gasteiger partial charge in [0.2, 0.25) is 5.91 Å². The first-order chi connectivity index (χ1) is 14.0. The molecule has 0 N–H and O–H groups in total. The molecule has 0 radical (unpaired) electrons. The van der Waals surface area contributed by atoms with E-state index in [1.165, 1.54) is 0 Å². The van der Waals surface area contributed by atoms with E-state index in [1.807, 2.05) is 79.1 Å². The van der Waals surface area contributed by atoms with Crippen LogP contribution >= 0.6 is 0 Å². The van der Waals surface area contributed by atoms with Crippen molar-refractivity contribution < 1.29 is 9.59 Å². The van der Waals surface area contributed by atoms with Crippen LogP contribution in [0.3, 0.4) is 0 Å². The molecule has 0 unspecified atom stereocenters. The van der Waals surface area contributed by atoms with Crippen LogP contribution in [0.25, 0.3) is 16.7 Å². The third-order valence-electron chi connectivity index (χ3n) is 5.46. The Balaban J connectivity index is 1.55. The zero-order valence-electron chi connectivity index (χ0n) is 17.1. The number of carbonyl (C=O) groups excluding carboxylic acids is 2. The lowest BCUT2D eigenvalue weighted by molar-refractivity contribution is -0.135. The molecule has 0 atom stereocenters. The third kappa shape index (κ3) is 3.62. The van der Waals surface area contributed by atoms with E-state index in [0.29, 0.717) is 31.7 Å². The van der Waals surface area contributed by atoms with Crippen LogP contribution in [0.1, 0.15) is 30.0 Å². The van der Waals surface area contributed by atoms with Gasteiger partial charge in [-0.05, 0) is 37.3 Å². The lowest BCUT2D eigenvalue weighted by Crippen LogP contribution is -2.51. The number of fused-ring (bicyclic) bond motifs is 1. The summed E-state index contributed by atoms with van der Waals surface area (Å²) in [5.41, 5.74) is 3.49. The number of hydrogen-bond donors (Lipinski definition) is 0. The summed E-state index contributed by atoms with van der Waals surface area (Å²) in [6.07, 6.45) is 0. The number of benzene rings is 2. The quantitative estimate of drug-likeness (QED) is 0.690. The van der Waals surface area contributed by atoms with Gasteiger partial charge in [-0.25, -0.2) is 4.98 Å². The number of piperazine rings is 1. The van der Waals surface area contributed by atoms with Crippen molar-refractivity contribution in [3.05, 3.63) is 59.9 Å². The molecule has 6 nitrogen and oxygen atoms in total. The van der Waals surface area contributed by atoms with Crippen molar-refractivity contribution in [2.75, 3.05) is 26.2 Å². The average Bonchev–Trinajstić information content (AvgIpc) is 3.08. The molecule has 2 amide bonds. The molecule has 29 heavy (non-hydrogen) atoms. The van der Waals surface area contributed by atoms with Crippen LogP contribution in [0, 0.1) is 12.8 Å². The number of carbonyl (C=O) groups is 2. The van der Waals surface area contributed by atoms with Gasteiger partial charge in [0.25, 0.3) is 5.91 Å². The van der Waals surface area contributed by atoms with Gasteiger partial charge in [-0.15, -0.1) is 0 Å². The van der Waals surface area contributed by atoms with E-state index in [0.717, 1.165) is 22.5 Å². The average molecular weight is 390 g/mol. The number of rotatable bonds is 3. The Morgan fingerprint density at radius 3 is 2.24 bits per heavy atom. The third-order valence-corrected chi connectivity index (χ3v) is 5.46. The zero-order valence-corrected chi connectivity index (χ0v) is 17.1. The van der Waals surface area contributed by atoms with Crippen LogP contribution < -0.4 is 0 Å². The SMILES string of the molecule is Cc1nc2cc(C(=O)N3CCN(C(=O)C(C)C)CC3)ccc2n1-c1ccccc1. The fraction of sp³-hybridized carbons (Fsp3) is 0.348. The molecule has 1 aliphatic rings. The number of aromatic nitrogens is 2. The van der Waals surface area contributed by atoms with Crippen LogP contribution in [0.4, 0.5) is 0 Å². The van der Waals surface area contributed by atoms with Gasteiger partial charge in [-0.2, -0.15) is 0 Å². The monoisotopic (exact) mass is 390 g/mol. The molecule has 0 aliphatic carbocycles. The van der Waals surface area contributed by atoms with E-state index in [1.54, 1.807) is 0 Å². The lowest BCUT2D eigenvalue weighted by atomic mass is 10.1. The van der Waals surface area contributed by atoms with Crippen molar-refractivity contribution in [3.63, 3.8) is 0 Å². The molecule has 2 heterocycles. The topological polar surface area (TPSA) is 58.4 Å². The van der Waals surface area contributed by atoms with Crippen LogP contribution in [-0.2, 0) is 4.79 Å². The van der Waals surface area contributed by atoms with Gasteiger partial charge in [-0.3, -0.25) is 14.2 Å². The molecule has 6 heteroatoms. The Morgan fingerprint density at radius 1 is 0.931 bits per heavy atom. The molecule has 1 fully saturated rings. The van der Waals surface area contributed by atoms with Crippen molar-refractivity contribution in [2.24, 2.45) is 5.92 Å². The van der Waals surface area contributed by atoms with Crippen molar-refractivity contribution in [1.29, 1.82) is 0 Å². The highest BCUT2D eigenvalue weighted by Gasteiger charge is 2.26. The summed E-state index contributed by atoms with van der Waals surface area (Å²) in [5, 5.41) is 0.